The highest BCUT2D eigenvalue weighted by Crippen LogP contribution is 2.18. The van der Waals surface area contributed by atoms with Gasteiger partial charge < -0.3 is 4.74 Å². The standard InChI is InChI=1S/C13H14O2/c1-5-9(2)11-6-7-12(10(3)8-11)13(14)15-4/h1,6-9H,2-4H3. The molecule has 1 aromatic rings. The highest BCUT2D eigenvalue weighted by atomic mass is 16.5. The van der Waals surface area contributed by atoms with E-state index in [1.807, 2.05) is 26.0 Å². The number of esters is 1. The van der Waals surface area contributed by atoms with Crippen molar-refractivity contribution in [2.24, 2.45) is 0 Å². The van der Waals surface area contributed by atoms with Crippen molar-refractivity contribution in [1.82, 2.24) is 0 Å². The van der Waals surface area contributed by atoms with Crippen LogP contribution in [-0.2, 0) is 4.74 Å². The Morgan fingerprint density at radius 3 is 2.67 bits per heavy atom. The zero-order valence-corrected chi connectivity index (χ0v) is 9.20. The minimum absolute atomic E-state index is 0.0652. The Kier molecular flexibility index (Phi) is 3.51. The smallest absolute Gasteiger partial charge is 0.338 e. The Hall–Kier alpha value is -1.75. The molecule has 78 valence electrons. The maximum Gasteiger partial charge on any atom is 0.338 e. The molecule has 0 bridgehead atoms. The Bertz CT molecular complexity index is 413. The van der Waals surface area contributed by atoms with Crippen molar-refractivity contribution in [2.75, 3.05) is 7.11 Å². The monoisotopic (exact) mass is 202 g/mol. The lowest BCUT2D eigenvalue weighted by Crippen LogP contribution is -2.04. The van der Waals surface area contributed by atoms with Crippen LogP contribution in [-0.4, -0.2) is 13.1 Å². The minimum Gasteiger partial charge on any atom is -0.465 e. The third-order valence-corrected chi connectivity index (χ3v) is 2.41. The number of hydrogen-bond acceptors (Lipinski definition) is 2. The second kappa shape index (κ2) is 4.65. The topological polar surface area (TPSA) is 26.3 Å². The SMILES string of the molecule is C#CC(C)c1ccc(C(=O)OC)c(C)c1. The van der Waals surface area contributed by atoms with Gasteiger partial charge in [0.2, 0.25) is 0 Å². The highest BCUT2D eigenvalue weighted by molar-refractivity contribution is 5.91. The molecule has 0 aliphatic rings. The van der Waals surface area contributed by atoms with Gasteiger partial charge in [-0.05, 0) is 31.0 Å². The molecule has 1 rings (SSSR count). The van der Waals surface area contributed by atoms with Gasteiger partial charge in [-0.2, -0.15) is 0 Å². The van der Waals surface area contributed by atoms with Crippen molar-refractivity contribution in [2.45, 2.75) is 19.8 Å². The fraction of sp³-hybridized carbons (Fsp3) is 0.308. The van der Waals surface area contributed by atoms with Crippen LogP contribution in [0.3, 0.4) is 0 Å². The summed E-state index contributed by atoms with van der Waals surface area (Å²) >= 11 is 0. The molecule has 1 atom stereocenters. The van der Waals surface area contributed by atoms with Crippen LogP contribution in [0.4, 0.5) is 0 Å². The first kappa shape index (κ1) is 11.3. The third-order valence-electron chi connectivity index (χ3n) is 2.41. The molecule has 0 N–H and O–H groups in total. The van der Waals surface area contributed by atoms with E-state index in [0.717, 1.165) is 11.1 Å². The summed E-state index contributed by atoms with van der Waals surface area (Å²) in [7, 11) is 1.37. The first-order chi connectivity index (χ1) is 7.10. The van der Waals surface area contributed by atoms with Crippen molar-refractivity contribution in [1.29, 1.82) is 0 Å². The molecular formula is C13H14O2. The second-order valence-corrected chi connectivity index (χ2v) is 3.45. The zero-order chi connectivity index (χ0) is 11.4. The van der Waals surface area contributed by atoms with Gasteiger partial charge in [-0.25, -0.2) is 4.79 Å². The van der Waals surface area contributed by atoms with Gasteiger partial charge in [0.15, 0.2) is 0 Å². The lowest BCUT2D eigenvalue weighted by atomic mass is 9.97. The van der Waals surface area contributed by atoms with E-state index in [2.05, 4.69) is 10.7 Å². The summed E-state index contributed by atoms with van der Waals surface area (Å²) in [5, 5.41) is 0. The molecule has 15 heavy (non-hydrogen) atoms. The van der Waals surface area contributed by atoms with Gasteiger partial charge in [-0.3, -0.25) is 0 Å². The average molecular weight is 202 g/mol. The van der Waals surface area contributed by atoms with Crippen molar-refractivity contribution in [3.05, 3.63) is 34.9 Å². The van der Waals surface area contributed by atoms with E-state index in [9.17, 15) is 4.79 Å². The quantitative estimate of drug-likeness (QED) is 0.544. The van der Waals surface area contributed by atoms with Crippen LogP contribution in [0.5, 0.6) is 0 Å². The van der Waals surface area contributed by atoms with E-state index >= 15 is 0 Å². The molecule has 0 saturated carbocycles. The Morgan fingerprint density at radius 1 is 1.53 bits per heavy atom. The first-order valence-corrected chi connectivity index (χ1v) is 4.75. The summed E-state index contributed by atoms with van der Waals surface area (Å²) in [5.41, 5.74) is 2.52. The van der Waals surface area contributed by atoms with E-state index in [1.165, 1.54) is 7.11 Å². The molecular weight excluding hydrogens is 188 g/mol. The van der Waals surface area contributed by atoms with E-state index in [4.69, 9.17) is 6.42 Å². The number of terminal acetylenes is 1. The van der Waals surface area contributed by atoms with E-state index < -0.39 is 0 Å². The van der Waals surface area contributed by atoms with Crippen LogP contribution in [0.1, 0.15) is 34.3 Å². The maximum absolute atomic E-state index is 11.3. The molecule has 0 amide bonds. The van der Waals surface area contributed by atoms with Gasteiger partial charge in [0.05, 0.1) is 12.7 Å². The number of carbonyl (C=O) groups is 1. The molecule has 0 saturated heterocycles. The van der Waals surface area contributed by atoms with Crippen LogP contribution in [0.15, 0.2) is 18.2 Å². The van der Waals surface area contributed by atoms with Crippen LogP contribution in [0.2, 0.25) is 0 Å². The van der Waals surface area contributed by atoms with Crippen LogP contribution in [0, 0.1) is 19.3 Å². The molecule has 1 aromatic carbocycles. The molecule has 0 aromatic heterocycles. The van der Waals surface area contributed by atoms with Crippen LogP contribution >= 0.6 is 0 Å². The number of hydrogen-bond donors (Lipinski definition) is 0. The summed E-state index contributed by atoms with van der Waals surface area (Å²) in [6.07, 6.45) is 5.34. The van der Waals surface area contributed by atoms with Gasteiger partial charge in [0.25, 0.3) is 0 Å². The van der Waals surface area contributed by atoms with E-state index in [1.54, 1.807) is 6.07 Å². The van der Waals surface area contributed by atoms with Crippen molar-refractivity contribution in [3.8, 4) is 12.3 Å². The number of aryl methyl sites for hydroxylation is 1. The summed E-state index contributed by atoms with van der Waals surface area (Å²) in [6, 6.07) is 5.55. The number of rotatable bonds is 2. The molecule has 2 heteroatoms. The van der Waals surface area contributed by atoms with Crippen LogP contribution < -0.4 is 0 Å². The minimum atomic E-state index is -0.313. The maximum atomic E-state index is 11.3. The highest BCUT2D eigenvalue weighted by Gasteiger charge is 2.10. The summed E-state index contributed by atoms with van der Waals surface area (Å²) in [5.74, 6) is 2.41. The summed E-state index contributed by atoms with van der Waals surface area (Å²) in [4.78, 5) is 11.3. The van der Waals surface area contributed by atoms with Crippen LogP contribution in [0.25, 0.3) is 0 Å². The van der Waals surface area contributed by atoms with Gasteiger partial charge in [-0.1, -0.05) is 18.1 Å². The number of benzene rings is 1. The molecule has 0 aliphatic carbocycles. The fourth-order valence-corrected chi connectivity index (χ4v) is 1.39. The third kappa shape index (κ3) is 2.38. The van der Waals surface area contributed by atoms with Gasteiger partial charge in [0.1, 0.15) is 0 Å². The normalized spacial score (nSPS) is 11.6. The Labute approximate surface area is 90.3 Å². The molecule has 0 aliphatic heterocycles. The average Bonchev–Trinajstić information content (AvgIpc) is 2.26. The first-order valence-electron chi connectivity index (χ1n) is 4.75. The summed E-state index contributed by atoms with van der Waals surface area (Å²) in [6.45, 7) is 3.82. The predicted octanol–water partition coefficient (Wildman–Crippen LogP) is 2.52. The number of methoxy groups -OCH3 is 1. The zero-order valence-electron chi connectivity index (χ0n) is 9.20. The number of ether oxygens (including phenoxy) is 1. The predicted molar refractivity (Wildman–Crippen MR) is 59.8 cm³/mol. The summed E-state index contributed by atoms with van der Waals surface area (Å²) < 4.78 is 4.66. The van der Waals surface area contributed by atoms with Gasteiger partial charge in [-0.15, -0.1) is 6.42 Å². The molecule has 0 radical (unpaired) electrons. The van der Waals surface area contributed by atoms with E-state index in [0.29, 0.717) is 5.56 Å². The molecule has 0 heterocycles. The fourth-order valence-electron chi connectivity index (χ4n) is 1.39. The van der Waals surface area contributed by atoms with Crippen molar-refractivity contribution < 1.29 is 9.53 Å². The second-order valence-electron chi connectivity index (χ2n) is 3.45. The molecule has 2 nitrogen and oxygen atoms in total. The molecule has 1 unspecified atom stereocenters. The Balaban J connectivity index is 3.10. The largest absolute Gasteiger partial charge is 0.465 e. The van der Waals surface area contributed by atoms with E-state index in [-0.39, 0.29) is 11.9 Å². The lowest BCUT2D eigenvalue weighted by molar-refractivity contribution is 0.0600. The van der Waals surface area contributed by atoms with Gasteiger partial charge in [0, 0.05) is 5.92 Å². The molecule has 0 fully saturated rings. The Morgan fingerprint density at radius 2 is 2.20 bits per heavy atom. The molecule has 0 spiro atoms. The van der Waals surface area contributed by atoms with Crippen molar-refractivity contribution >= 4 is 5.97 Å². The van der Waals surface area contributed by atoms with Crippen molar-refractivity contribution in [3.63, 3.8) is 0 Å². The van der Waals surface area contributed by atoms with Gasteiger partial charge >= 0.3 is 5.97 Å². The number of carbonyl (C=O) groups excluding carboxylic acids is 1. The lowest BCUT2D eigenvalue weighted by Gasteiger charge is -2.08.